The zero-order valence-electron chi connectivity index (χ0n) is 16.2. The van der Waals surface area contributed by atoms with Gasteiger partial charge in [0.05, 0.1) is 6.66 Å². The molecule has 3 aromatic rings. The Morgan fingerprint density at radius 2 is 1.14 bits per heavy atom. The molecule has 1 fully saturated rings. The van der Waals surface area contributed by atoms with Gasteiger partial charge in [-0.2, -0.15) is 0 Å². The summed E-state index contributed by atoms with van der Waals surface area (Å²) in [6.07, 6.45) is 8.69. The first-order valence-corrected chi connectivity index (χ1v) is 12.3. The van der Waals surface area contributed by atoms with Gasteiger partial charge in [0.2, 0.25) is 0 Å². The van der Waals surface area contributed by atoms with Crippen molar-refractivity contribution in [1.29, 1.82) is 0 Å². The molecular weight excluding hydrogens is 359 g/mol. The molecule has 1 aliphatic heterocycles. The van der Waals surface area contributed by atoms with Gasteiger partial charge < -0.3 is 0 Å². The summed E-state index contributed by atoms with van der Waals surface area (Å²) in [4.78, 5) is 9.65. The van der Waals surface area contributed by atoms with Crippen LogP contribution in [0.1, 0.15) is 37.1 Å². The smallest absolute Gasteiger partial charge is 0.133 e. The molecule has 1 aromatic carbocycles. The first-order chi connectivity index (χ1) is 13.8. The predicted molar refractivity (Wildman–Crippen MR) is 120 cm³/mol. The van der Waals surface area contributed by atoms with E-state index in [4.69, 9.17) is 9.97 Å². The van der Waals surface area contributed by atoms with E-state index in [1.54, 1.807) is 11.1 Å². The van der Waals surface area contributed by atoms with Crippen LogP contribution >= 0.6 is 7.26 Å². The van der Waals surface area contributed by atoms with Gasteiger partial charge in [0.25, 0.3) is 0 Å². The van der Waals surface area contributed by atoms with Gasteiger partial charge >= 0.3 is 0 Å². The lowest BCUT2D eigenvalue weighted by molar-refractivity contribution is 0.685. The Morgan fingerprint density at radius 1 is 0.643 bits per heavy atom. The molecule has 5 rings (SSSR count). The first kappa shape index (κ1) is 17.5. The average molecular weight is 383 g/mol. The Kier molecular flexibility index (Phi) is 4.45. The fourth-order valence-electron chi connectivity index (χ4n) is 4.84. The third-order valence-electron chi connectivity index (χ3n) is 6.02. The average Bonchev–Trinajstić information content (AvgIpc) is 3.05. The molecule has 3 heteroatoms. The van der Waals surface area contributed by atoms with Crippen LogP contribution in [0.25, 0.3) is 10.6 Å². The topological polar surface area (TPSA) is 25.8 Å². The van der Waals surface area contributed by atoms with Crippen molar-refractivity contribution in [2.75, 3.05) is 6.66 Å². The second-order valence-corrected chi connectivity index (χ2v) is 11.1. The molecule has 0 saturated heterocycles. The minimum Gasteiger partial charge on any atom is -0.253 e. The van der Waals surface area contributed by atoms with Crippen molar-refractivity contribution in [3.63, 3.8) is 0 Å². The van der Waals surface area contributed by atoms with Gasteiger partial charge in [0.1, 0.15) is 34.6 Å². The van der Waals surface area contributed by atoms with Gasteiger partial charge in [-0.25, -0.2) is 0 Å². The SMILES string of the molecule is C[P+]1(c2ccccc2)C(c2ccccn2)=C2CCCCC2=C1c1ccccn1. The number of fused-ring (bicyclic) bond motifs is 1. The Labute approximate surface area is 167 Å². The molecule has 3 heterocycles. The number of aromatic nitrogens is 2. The highest BCUT2D eigenvalue weighted by Crippen LogP contribution is 2.80. The molecule has 0 N–H and O–H groups in total. The van der Waals surface area contributed by atoms with Crippen molar-refractivity contribution in [2.24, 2.45) is 0 Å². The lowest BCUT2D eigenvalue weighted by Crippen LogP contribution is -2.12. The van der Waals surface area contributed by atoms with Crippen LogP contribution in [0.2, 0.25) is 0 Å². The minimum atomic E-state index is -1.81. The van der Waals surface area contributed by atoms with Crippen molar-refractivity contribution < 1.29 is 0 Å². The number of allylic oxidation sites excluding steroid dienone is 2. The van der Waals surface area contributed by atoms with Crippen molar-refractivity contribution >= 4 is 23.2 Å². The molecule has 0 bridgehead atoms. The van der Waals surface area contributed by atoms with E-state index in [1.165, 1.54) is 28.8 Å². The van der Waals surface area contributed by atoms with E-state index in [0.717, 1.165) is 24.2 Å². The van der Waals surface area contributed by atoms with Crippen molar-refractivity contribution in [3.05, 3.63) is 102 Å². The van der Waals surface area contributed by atoms with E-state index >= 15 is 0 Å². The Hall–Kier alpha value is -2.57. The van der Waals surface area contributed by atoms with Crippen LogP contribution < -0.4 is 5.30 Å². The van der Waals surface area contributed by atoms with Crippen LogP contribution in [-0.4, -0.2) is 16.6 Å². The Morgan fingerprint density at radius 3 is 1.61 bits per heavy atom. The van der Waals surface area contributed by atoms with Crippen LogP contribution in [0.4, 0.5) is 0 Å². The normalized spacial score (nSPS) is 18.3. The third kappa shape index (κ3) is 2.67. The van der Waals surface area contributed by atoms with Crippen molar-refractivity contribution in [2.45, 2.75) is 25.7 Å². The molecule has 1 saturated carbocycles. The van der Waals surface area contributed by atoms with Gasteiger partial charge in [-0.1, -0.05) is 30.3 Å². The van der Waals surface area contributed by atoms with E-state index in [2.05, 4.69) is 61.3 Å². The Bertz CT molecular complexity index is 988. The minimum absolute atomic E-state index is 1.14. The van der Waals surface area contributed by atoms with Gasteiger partial charge in [-0.15, -0.1) is 0 Å². The van der Waals surface area contributed by atoms with Crippen LogP contribution in [0.5, 0.6) is 0 Å². The quantitative estimate of drug-likeness (QED) is 0.506. The van der Waals surface area contributed by atoms with Crippen LogP contribution in [0.15, 0.2) is 90.3 Å². The highest BCUT2D eigenvalue weighted by Gasteiger charge is 2.54. The monoisotopic (exact) mass is 383 g/mol. The predicted octanol–water partition coefficient (Wildman–Crippen LogP) is 6.16. The van der Waals surface area contributed by atoms with Crippen molar-refractivity contribution in [1.82, 2.24) is 9.97 Å². The molecule has 28 heavy (non-hydrogen) atoms. The van der Waals surface area contributed by atoms with Crippen LogP contribution in [0, 0.1) is 0 Å². The van der Waals surface area contributed by atoms with E-state index in [9.17, 15) is 0 Å². The standard InChI is InChI=1S/C25H24N2P/c1-28(19-11-3-2-4-12-19)24(22-15-7-9-17-26-22)20-13-5-6-14-21(20)25(28)23-16-8-10-18-27-23/h2-4,7-12,15-18H,5-6,13-14H2,1H3/q+1. The molecule has 0 atom stereocenters. The summed E-state index contributed by atoms with van der Waals surface area (Å²) in [5.74, 6) is 0. The fourth-order valence-corrected chi connectivity index (χ4v) is 9.10. The lowest BCUT2D eigenvalue weighted by Gasteiger charge is -2.24. The number of benzene rings is 1. The molecule has 1 aliphatic carbocycles. The molecule has 0 amide bonds. The molecule has 2 nitrogen and oxygen atoms in total. The van der Waals surface area contributed by atoms with Crippen molar-refractivity contribution in [3.8, 4) is 0 Å². The van der Waals surface area contributed by atoms with Gasteiger partial charge in [-0.05, 0) is 62.1 Å². The second kappa shape index (κ2) is 7.11. The zero-order valence-corrected chi connectivity index (χ0v) is 17.1. The molecule has 0 radical (unpaired) electrons. The molecular formula is C25H24N2P+. The number of rotatable bonds is 3. The second-order valence-electron chi connectivity index (χ2n) is 7.63. The van der Waals surface area contributed by atoms with E-state index in [-0.39, 0.29) is 0 Å². The number of pyridine rings is 2. The zero-order chi connectivity index (χ0) is 19.0. The fraction of sp³-hybridized carbons (Fsp3) is 0.200. The summed E-state index contributed by atoms with van der Waals surface area (Å²) < 4.78 is 0. The highest BCUT2D eigenvalue weighted by atomic mass is 31.2. The van der Waals surface area contributed by atoms with E-state index < -0.39 is 7.26 Å². The lowest BCUT2D eigenvalue weighted by atomic mass is 9.88. The van der Waals surface area contributed by atoms with E-state index in [1.807, 2.05) is 24.5 Å². The molecule has 138 valence electrons. The third-order valence-corrected chi connectivity index (χ3v) is 10.1. The summed E-state index contributed by atoms with van der Waals surface area (Å²) in [7, 11) is -1.81. The number of hydrogen-bond acceptors (Lipinski definition) is 2. The van der Waals surface area contributed by atoms with Crippen LogP contribution in [-0.2, 0) is 0 Å². The Balaban J connectivity index is 1.84. The van der Waals surface area contributed by atoms with Gasteiger partial charge in [0.15, 0.2) is 0 Å². The maximum atomic E-state index is 4.82. The molecule has 2 aromatic heterocycles. The van der Waals surface area contributed by atoms with E-state index in [0.29, 0.717) is 0 Å². The van der Waals surface area contributed by atoms with Gasteiger partial charge in [-0.3, -0.25) is 9.97 Å². The summed E-state index contributed by atoms with van der Waals surface area (Å²) in [6.45, 7) is 2.48. The summed E-state index contributed by atoms with van der Waals surface area (Å²) in [5.41, 5.74) is 5.38. The highest BCUT2D eigenvalue weighted by molar-refractivity contribution is 7.99. The summed E-state index contributed by atoms with van der Waals surface area (Å²) in [6, 6.07) is 23.7. The van der Waals surface area contributed by atoms with Gasteiger partial charge in [0, 0.05) is 23.5 Å². The summed E-state index contributed by atoms with van der Waals surface area (Å²) >= 11 is 0. The molecule has 0 spiro atoms. The maximum Gasteiger partial charge on any atom is 0.133 e. The number of hydrogen-bond donors (Lipinski definition) is 0. The molecule has 2 aliphatic rings. The largest absolute Gasteiger partial charge is 0.253 e. The van der Waals surface area contributed by atoms with Crippen LogP contribution in [0.3, 0.4) is 0 Å². The first-order valence-electron chi connectivity index (χ1n) is 10.0. The molecule has 0 unspecified atom stereocenters. The maximum absolute atomic E-state index is 4.82. The summed E-state index contributed by atoms with van der Waals surface area (Å²) in [5, 5.41) is 4.38. The number of nitrogens with zero attached hydrogens (tertiary/aromatic N) is 2.